The second-order valence-corrected chi connectivity index (χ2v) is 6.42. The molecule has 0 heterocycles. The molecule has 0 atom stereocenters. The molecule has 0 bridgehead atoms. The van der Waals surface area contributed by atoms with Crippen molar-refractivity contribution in [3.05, 3.63) is 59.7 Å². The van der Waals surface area contributed by atoms with Crippen molar-refractivity contribution in [2.24, 2.45) is 0 Å². The predicted octanol–water partition coefficient (Wildman–Crippen LogP) is 4.18. The van der Waals surface area contributed by atoms with Gasteiger partial charge in [0.05, 0.1) is 7.11 Å². The number of halogens is 3. The number of rotatable bonds is 8. The SMILES string of the molecule is CCN(Cc1cccc(NC(=O)CCc2cccc(OC)c2)c1)C(=O)C(F)(F)F. The number of methoxy groups -OCH3 is 1. The van der Waals surface area contributed by atoms with E-state index < -0.39 is 12.1 Å². The highest BCUT2D eigenvalue weighted by Gasteiger charge is 2.41. The standard InChI is InChI=1S/C21H23F3N2O3/c1-3-26(20(28)21(22,23)24)14-16-7-4-8-17(12-16)25-19(27)11-10-15-6-5-9-18(13-15)29-2/h4-9,12-13H,3,10-11,14H2,1-2H3,(H,25,27). The van der Waals surface area contributed by atoms with Crippen LogP contribution in [0.1, 0.15) is 24.5 Å². The van der Waals surface area contributed by atoms with Crippen LogP contribution in [0.5, 0.6) is 5.75 Å². The van der Waals surface area contributed by atoms with Gasteiger partial charge in [-0.15, -0.1) is 0 Å². The van der Waals surface area contributed by atoms with Crippen molar-refractivity contribution < 1.29 is 27.5 Å². The maximum absolute atomic E-state index is 12.7. The summed E-state index contributed by atoms with van der Waals surface area (Å²) in [6.07, 6.45) is -4.15. The quantitative estimate of drug-likeness (QED) is 0.713. The van der Waals surface area contributed by atoms with Crippen molar-refractivity contribution in [2.75, 3.05) is 19.0 Å². The number of anilines is 1. The van der Waals surface area contributed by atoms with Gasteiger partial charge < -0.3 is 15.0 Å². The Hall–Kier alpha value is -3.03. The fourth-order valence-electron chi connectivity index (χ4n) is 2.78. The smallest absolute Gasteiger partial charge is 0.471 e. The van der Waals surface area contributed by atoms with Crippen molar-refractivity contribution in [3.63, 3.8) is 0 Å². The van der Waals surface area contributed by atoms with E-state index in [-0.39, 0.29) is 25.4 Å². The summed E-state index contributed by atoms with van der Waals surface area (Å²) in [7, 11) is 1.57. The summed E-state index contributed by atoms with van der Waals surface area (Å²) in [5.41, 5.74) is 1.92. The van der Waals surface area contributed by atoms with Crippen LogP contribution < -0.4 is 10.1 Å². The Balaban J connectivity index is 1.96. The van der Waals surface area contributed by atoms with Gasteiger partial charge in [0.15, 0.2) is 0 Å². The van der Waals surface area contributed by atoms with Crippen LogP contribution in [-0.2, 0) is 22.6 Å². The molecule has 2 amide bonds. The number of nitrogens with one attached hydrogen (secondary N) is 1. The zero-order valence-electron chi connectivity index (χ0n) is 16.3. The molecule has 8 heteroatoms. The van der Waals surface area contributed by atoms with Crippen molar-refractivity contribution in [1.82, 2.24) is 4.90 Å². The summed E-state index contributed by atoms with van der Waals surface area (Å²) in [5.74, 6) is -1.39. The predicted molar refractivity (Wildman–Crippen MR) is 104 cm³/mol. The van der Waals surface area contributed by atoms with Crippen molar-refractivity contribution in [2.45, 2.75) is 32.5 Å². The number of aryl methyl sites for hydroxylation is 1. The minimum absolute atomic E-state index is 0.0739. The maximum atomic E-state index is 12.7. The normalized spacial score (nSPS) is 11.1. The number of hydrogen-bond donors (Lipinski definition) is 1. The molecule has 0 fully saturated rings. The summed E-state index contributed by atoms with van der Waals surface area (Å²) in [4.78, 5) is 24.4. The molecule has 156 valence electrons. The maximum Gasteiger partial charge on any atom is 0.471 e. The van der Waals surface area contributed by atoms with Gasteiger partial charge in [-0.3, -0.25) is 9.59 Å². The minimum Gasteiger partial charge on any atom is -0.497 e. The minimum atomic E-state index is -4.91. The van der Waals surface area contributed by atoms with E-state index in [2.05, 4.69) is 5.32 Å². The molecule has 0 aromatic heterocycles. The van der Waals surface area contributed by atoms with Gasteiger partial charge in [0, 0.05) is 25.2 Å². The van der Waals surface area contributed by atoms with Gasteiger partial charge >= 0.3 is 12.1 Å². The average molecular weight is 408 g/mol. The molecule has 1 N–H and O–H groups in total. The van der Waals surface area contributed by atoms with Crippen LogP contribution in [0, 0.1) is 0 Å². The highest BCUT2D eigenvalue weighted by atomic mass is 19.4. The van der Waals surface area contributed by atoms with Gasteiger partial charge in [0.1, 0.15) is 5.75 Å². The molecule has 29 heavy (non-hydrogen) atoms. The van der Waals surface area contributed by atoms with E-state index in [0.29, 0.717) is 28.3 Å². The number of carbonyl (C=O) groups is 2. The Morgan fingerprint density at radius 2 is 1.76 bits per heavy atom. The number of nitrogens with zero attached hydrogens (tertiary/aromatic N) is 1. The zero-order valence-corrected chi connectivity index (χ0v) is 16.3. The van der Waals surface area contributed by atoms with Gasteiger partial charge in [-0.05, 0) is 48.7 Å². The third kappa shape index (κ3) is 6.81. The van der Waals surface area contributed by atoms with Crippen LogP contribution in [0.15, 0.2) is 48.5 Å². The summed E-state index contributed by atoms with van der Waals surface area (Å²) in [5, 5.41) is 2.74. The Bertz CT molecular complexity index is 853. The fraction of sp³-hybridized carbons (Fsp3) is 0.333. The molecule has 0 saturated carbocycles. The topological polar surface area (TPSA) is 58.6 Å². The van der Waals surface area contributed by atoms with Crippen LogP contribution in [0.25, 0.3) is 0 Å². The second kappa shape index (κ2) is 9.95. The van der Waals surface area contributed by atoms with E-state index in [1.54, 1.807) is 31.4 Å². The van der Waals surface area contributed by atoms with E-state index in [1.165, 1.54) is 6.92 Å². The number of benzene rings is 2. The molecule has 2 aromatic rings. The molecule has 0 unspecified atom stereocenters. The lowest BCUT2D eigenvalue weighted by Gasteiger charge is -2.22. The van der Waals surface area contributed by atoms with Crippen LogP contribution in [0.4, 0.5) is 18.9 Å². The van der Waals surface area contributed by atoms with Crippen LogP contribution in [0.2, 0.25) is 0 Å². The largest absolute Gasteiger partial charge is 0.497 e. The van der Waals surface area contributed by atoms with Crippen molar-refractivity contribution >= 4 is 17.5 Å². The lowest BCUT2D eigenvalue weighted by Crippen LogP contribution is -2.40. The first kappa shape index (κ1) is 22.3. The Morgan fingerprint density at radius 1 is 1.07 bits per heavy atom. The first-order valence-corrected chi connectivity index (χ1v) is 9.10. The summed E-state index contributed by atoms with van der Waals surface area (Å²) in [6, 6.07) is 13.9. The summed E-state index contributed by atoms with van der Waals surface area (Å²) in [6.45, 7) is 1.21. The Labute approximate surface area is 167 Å². The molecular weight excluding hydrogens is 385 g/mol. The molecule has 0 aliphatic rings. The average Bonchev–Trinajstić information content (AvgIpc) is 2.69. The molecular formula is C21H23F3N2O3. The highest BCUT2D eigenvalue weighted by Crippen LogP contribution is 2.21. The second-order valence-electron chi connectivity index (χ2n) is 6.42. The fourth-order valence-corrected chi connectivity index (χ4v) is 2.78. The highest BCUT2D eigenvalue weighted by molar-refractivity contribution is 5.91. The van der Waals surface area contributed by atoms with Crippen LogP contribution >= 0.6 is 0 Å². The van der Waals surface area contributed by atoms with Gasteiger partial charge in [-0.1, -0.05) is 24.3 Å². The van der Waals surface area contributed by atoms with Gasteiger partial charge in [0.2, 0.25) is 5.91 Å². The van der Waals surface area contributed by atoms with E-state index in [1.807, 2.05) is 24.3 Å². The molecule has 0 aliphatic carbocycles. The lowest BCUT2D eigenvalue weighted by atomic mass is 10.1. The third-order valence-electron chi connectivity index (χ3n) is 4.27. The van der Waals surface area contributed by atoms with Crippen LogP contribution in [0.3, 0.4) is 0 Å². The zero-order chi connectivity index (χ0) is 21.4. The molecule has 0 radical (unpaired) electrons. The van der Waals surface area contributed by atoms with E-state index in [0.717, 1.165) is 5.56 Å². The van der Waals surface area contributed by atoms with Crippen LogP contribution in [-0.4, -0.2) is 36.5 Å². The first-order chi connectivity index (χ1) is 13.7. The number of alkyl halides is 3. The Morgan fingerprint density at radius 3 is 2.41 bits per heavy atom. The number of hydrogen-bond acceptors (Lipinski definition) is 3. The molecule has 5 nitrogen and oxygen atoms in total. The number of ether oxygens (including phenoxy) is 1. The lowest BCUT2D eigenvalue weighted by molar-refractivity contribution is -0.185. The monoisotopic (exact) mass is 408 g/mol. The third-order valence-corrected chi connectivity index (χ3v) is 4.27. The Kier molecular flexibility index (Phi) is 7.64. The van der Waals surface area contributed by atoms with Crippen molar-refractivity contribution in [3.8, 4) is 5.75 Å². The van der Waals surface area contributed by atoms with Gasteiger partial charge in [-0.2, -0.15) is 13.2 Å². The van der Waals surface area contributed by atoms with Gasteiger partial charge in [0.25, 0.3) is 0 Å². The number of carbonyl (C=O) groups excluding carboxylic acids is 2. The molecule has 0 aliphatic heterocycles. The van der Waals surface area contributed by atoms with Crippen molar-refractivity contribution in [1.29, 1.82) is 0 Å². The molecule has 2 rings (SSSR count). The van der Waals surface area contributed by atoms with Gasteiger partial charge in [-0.25, -0.2) is 0 Å². The first-order valence-electron chi connectivity index (χ1n) is 9.10. The van der Waals surface area contributed by atoms with E-state index in [9.17, 15) is 22.8 Å². The molecule has 2 aromatic carbocycles. The van der Waals surface area contributed by atoms with E-state index in [4.69, 9.17) is 4.74 Å². The summed E-state index contributed by atoms with van der Waals surface area (Å²) < 4.78 is 43.1. The number of amides is 2. The molecule has 0 spiro atoms. The molecule has 0 saturated heterocycles. The van der Waals surface area contributed by atoms with E-state index >= 15 is 0 Å². The summed E-state index contributed by atoms with van der Waals surface area (Å²) >= 11 is 0.